The molecule has 7 nitrogen and oxygen atoms in total. The van der Waals surface area contributed by atoms with Crippen molar-refractivity contribution >= 4 is 5.91 Å². The van der Waals surface area contributed by atoms with Gasteiger partial charge >= 0.3 is 0 Å². The molecule has 1 amide bonds. The van der Waals surface area contributed by atoms with E-state index in [1.807, 2.05) is 31.2 Å². The second kappa shape index (κ2) is 8.22. The van der Waals surface area contributed by atoms with E-state index in [0.717, 1.165) is 29.7 Å². The summed E-state index contributed by atoms with van der Waals surface area (Å²) < 4.78 is 7.92. The molecule has 1 aliphatic rings. The van der Waals surface area contributed by atoms with Crippen molar-refractivity contribution < 1.29 is 14.7 Å². The van der Waals surface area contributed by atoms with E-state index in [9.17, 15) is 9.59 Å². The second-order valence-electron chi connectivity index (χ2n) is 7.53. The molecule has 0 aliphatic carbocycles. The number of hydrogen-bond acceptors (Lipinski definition) is 5. The Bertz CT molecular complexity index is 1100. The molecule has 2 aromatic heterocycles. The van der Waals surface area contributed by atoms with Crippen LogP contribution in [0.4, 0.5) is 0 Å². The molecule has 1 unspecified atom stereocenters. The fourth-order valence-electron chi connectivity index (χ4n) is 3.93. The molecule has 7 heteroatoms. The van der Waals surface area contributed by atoms with E-state index in [0.29, 0.717) is 12.1 Å². The van der Waals surface area contributed by atoms with Crippen LogP contribution in [0.2, 0.25) is 0 Å². The van der Waals surface area contributed by atoms with E-state index >= 15 is 0 Å². The van der Waals surface area contributed by atoms with Gasteiger partial charge in [0, 0.05) is 24.0 Å². The smallest absolute Gasteiger partial charge is 0.274 e. The zero-order chi connectivity index (χ0) is 21.1. The standard InChI is InChI=1S/C23H23N3O4/c1-16-9-11-23(30-16,20-4-2-3-12-24-20)19-10-13-26(21(27)14-19)15-17-5-7-18(8-6-17)22(28)25-29/h2-8,10,12-14,16,29H,9,11,15H2,1H3,(H,25,28)/t16-,23?/m0/s1. The van der Waals surface area contributed by atoms with E-state index in [-0.39, 0.29) is 11.7 Å². The first-order valence-corrected chi connectivity index (χ1v) is 9.85. The Morgan fingerprint density at radius 1 is 1.27 bits per heavy atom. The fraction of sp³-hybridized carbons (Fsp3) is 0.261. The number of pyridine rings is 2. The number of ether oxygens (including phenoxy) is 1. The second-order valence-corrected chi connectivity index (χ2v) is 7.53. The zero-order valence-electron chi connectivity index (χ0n) is 16.6. The number of amides is 1. The quantitative estimate of drug-likeness (QED) is 0.503. The number of carbonyl (C=O) groups is 1. The first-order chi connectivity index (χ1) is 14.5. The molecule has 1 aromatic carbocycles. The lowest BCUT2D eigenvalue weighted by molar-refractivity contribution is -0.0111. The number of nitrogens with one attached hydrogen (secondary N) is 1. The van der Waals surface area contributed by atoms with Crippen molar-refractivity contribution in [2.45, 2.75) is 38.0 Å². The van der Waals surface area contributed by atoms with E-state index in [1.54, 1.807) is 52.8 Å². The summed E-state index contributed by atoms with van der Waals surface area (Å²) in [6.07, 6.45) is 5.26. The number of aromatic nitrogens is 2. The van der Waals surface area contributed by atoms with Gasteiger partial charge in [0.25, 0.3) is 11.5 Å². The third-order valence-corrected chi connectivity index (χ3v) is 5.52. The summed E-state index contributed by atoms with van der Waals surface area (Å²) in [7, 11) is 0. The average Bonchev–Trinajstić information content (AvgIpc) is 3.18. The molecule has 3 heterocycles. The minimum absolute atomic E-state index is 0.0871. The molecule has 30 heavy (non-hydrogen) atoms. The Morgan fingerprint density at radius 2 is 2.07 bits per heavy atom. The monoisotopic (exact) mass is 405 g/mol. The molecule has 0 radical (unpaired) electrons. The van der Waals surface area contributed by atoms with Gasteiger partial charge in [-0.15, -0.1) is 0 Å². The van der Waals surface area contributed by atoms with Crippen molar-refractivity contribution in [3.63, 3.8) is 0 Å². The molecule has 154 valence electrons. The summed E-state index contributed by atoms with van der Waals surface area (Å²) >= 11 is 0. The van der Waals surface area contributed by atoms with Crippen LogP contribution < -0.4 is 11.0 Å². The number of carbonyl (C=O) groups excluding carboxylic acids is 1. The number of hydroxylamine groups is 1. The molecular weight excluding hydrogens is 382 g/mol. The van der Waals surface area contributed by atoms with Gasteiger partial charge in [-0.25, -0.2) is 5.48 Å². The molecule has 0 saturated carbocycles. The van der Waals surface area contributed by atoms with Gasteiger partial charge in [-0.1, -0.05) is 18.2 Å². The van der Waals surface area contributed by atoms with Gasteiger partial charge in [0.2, 0.25) is 0 Å². The molecule has 0 spiro atoms. The first kappa shape index (κ1) is 20.0. The third-order valence-electron chi connectivity index (χ3n) is 5.52. The van der Waals surface area contributed by atoms with Crippen LogP contribution in [0.5, 0.6) is 0 Å². The van der Waals surface area contributed by atoms with Crippen LogP contribution in [0.25, 0.3) is 0 Å². The van der Waals surface area contributed by atoms with Crippen molar-refractivity contribution in [1.82, 2.24) is 15.0 Å². The zero-order valence-corrected chi connectivity index (χ0v) is 16.6. The van der Waals surface area contributed by atoms with Crippen LogP contribution in [0.15, 0.2) is 71.8 Å². The SMILES string of the molecule is C[C@H]1CCC(c2ccn(Cc3ccc(C(=O)NO)cc3)c(=O)c2)(c2ccccn2)O1. The Kier molecular flexibility index (Phi) is 5.48. The van der Waals surface area contributed by atoms with E-state index in [4.69, 9.17) is 9.94 Å². The number of benzene rings is 1. The first-order valence-electron chi connectivity index (χ1n) is 9.85. The van der Waals surface area contributed by atoms with E-state index < -0.39 is 11.5 Å². The number of rotatable bonds is 5. The average molecular weight is 405 g/mol. The summed E-state index contributed by atoms with van der Waals surface area (Å²) in [6, 6.07) is 16.0. The largest absolute Gasteiger partial charge is 0.361 e. The van der Waals surface area contributed by atoms with Gasteiger partial charge < -0.3 is 9.30 Å². The lowest BCUT2D eigenvalue weighted by Crippen LogP contribution is -2.31. The summed E-state index contributed by atoms with van der Waals surface area (Å²) in [5.74, 6) is -0.575. The predicted octanol–water partition coefficient (Wildman–Crippen LogP) is 2.85. The molecule has 0 bridgehead atoms. The van der Waals surface area contributed by atoms with Crippen LogP contribution in [0, 0.1) is 0 Å². The summed E-state index contributed by atoms with van der Waals surface area (Å²) in [4.78, 5) is 28.8. The minimum atomic E-state index is -0.710. The fourth-order valence-corrected chi connectivity index (χ4v) is 3.93. The number of hydrogen-bond donors (Lipinski definition) is 2. The number of nitrogens with zero attached hydrogens (tertiary/aromatic N) is 2. The predicted molar refractivity (Wildman–Crippen MR) is 110 cm³/mol. The topological polar surface area (TPSA) is 93.5 Å². The Labute approximate surface area is 173 Å². The summed E-state index contributed by atoms with van der Waals surface area (Å²) in [6.45, 7) is 2.40. The van der Waals surface area contributed by atoms with Crippen molar-refractivity contribution in [3.05, 3.63) is 99.7 Å². The molecule has 3 aromatic rings. The van der Waals surface area contributed by atoms with Crippen molar-refractivity contribution in [3.8, 4) is 0 Å². The molecule has 1 saturated heterocycles. The summed E-state index contributed by atoms with van der Waals surface area (Å²) in [5, 5.41) is 8.70. The van der Waals surface area contributed by atoms with Crippen molar-refractivity contribution in [1.29, 1.82) is 0 Å². The van der Waals surface area contributed by atoms with Crippen molar-refractivity contribution in [2.24, 2.45) is 0 Å². The Morgan fingerprint density at radius 3 is 2.67 bits per heavy atom. The van der Waals surface area contributed by atoms with Gasteiger partial charge in [-0.3, -0.25) is 19.8 Å². The Hall–Kier alpha value is -3.29. The Balaban J connectivity index is 1.63. The van der Waals surface area contributed by atoms with Gasteiger partial charge in [0.1, 0.15) is 5.60 Å². The molecule has 2 N–H and O–H groups in total. The molecule has 1 fully saturated rings. The highest BCUT2D eigenvalue weighted by molar-refractivity contribution is 5.93. The lowest BCUT2D eigenvalue weighted by Gasteiger charge is -2.29. The van der Waals surface area contributed by atoms with Gasteiger partial charge in [0.15, 0.2) is 0 Å². The molecule has 1 aliphatic heterocycles. The van der Waals surface area contributed by atoms with Gasteiger partial charge in [0.05, 0.1) is 18.3 Å². The highest BCUT2D eigenvalue weighted by Crippen LogP contribution is 2.43. The van der Waals surface area contributed by atoms with Gasteiger partial charge in [-0.2, -0.15) is 0 Å². The highest BCUT2D eigenvalue weighted by atomic mass is 16.5. The van der Waals surface area contributed by atoms with Gasteiger partial charge in [-0.05, 0) is 61.2 Å². The van der Waals surface area contributed by atoms with Crippen LogP contribution >= 0.6 is 0 Å². The molecular formula is C23H23N3O4. The van der Waals surface area contributed by atoms with Crippen LogP contribution in [0.1, 0.15) is 46.9 Å². The van der Waals surface area contributed by atoms with E-state index in [1.165, 1.54) is 0 Å². The minimum Gasteiger partial charge on any atom is -0.361 e. The lowest BCUT2D eigenvalue weighted by atomic mass is 9.87. The maximum Gasteiger partial charge on any atom is 0.274 e. The third kappa shape index (κ3) is 3.77. The van der Waals surface area contributed by atoms with Crippen molar-refractivity contribution in [2.75, 3.05) is 0 Å². The van der Waals surface area contributed by atoms with Crippen LogP contribution in [-0.4, -0.2) is 26.8 Å². The normalized spacial score (nSPS) is 20.8. The molecule has 4 rings (SSSR count). The maximum atomic E-state index is 12.9. The highest BCUT2D eigenvalue weighted by Gasteiger charge is 2.43. The van der Waals surface area contributed by atoms with E-state index in [2.05, 4.69) is 4.98 Å². The van der Waals surface area contributed by atoms with Crippen LogP contribution in [-0.2, 0) is 16.9 Å². The summed E-state index contributed by atoms with van der Waals surface area (Å²) in [5.41, 5.74) is 3.58. The molecule has 2 atom stereocenters. The maximum absolute atomic E-state index is 12.9. The van der Waals surface area contributed by atoms with Crippen LogP contribution in [0.3, 0.4) is 0 Å².